The minimum absolute atomic E-state index is 0.0730. The molecule has 2 aromatic carbocycles. The fraction of sp³-hybridized carbons (Fsp3) is 0.350. The molecule has 0 radical (unpaired) electrons. The maximum Gasteiger partial charge on any atom is 0.307 e. The molecule has 24 heavy (non-hydrogen) atoms. The second-order valence-corrected chi connectivity index (χ2v) is 6.15. The zero-order chi connectivity index (χ0) is 17.4. The van der Waals surface area contributed by atoms with Gasteiger partial charge in [-0.25, -0.2) is 0 Å². The molecule has 0 saturated carbocycles. The van der Waals surface area contributed by atoms with Crippen LogP contribution in [0.15, 0.2) is 48.5 Å². The van der Waals surface area contributed by atoms with Crippen LogP contribution in [-0.4, -0.2) is 17.7 Å². The van der Waals surface area contributed by atoms with Crippen LogP contribution in [0.25, 0.3) is 0 Å². The third-order valence-electron chi connectivity index (χ3n) is 3.58. The van der Waals surface area contributed by atoms with Crippen LogP contribution in [0.3, 0.4) is 0 Å². The predicted molar refractivity (Wildman–Crippen MR) is 93.5 cm³/mol. The zero-order valence-corrected chi connectivity index (χ0v) is 14.2. The Balaban J connectivity index is 2.09. The van der Waals surface area contributed by atoms with E-state index in [1.54, 1.807) is 18.2 Å². The van der Waals surface area contributed by atoms with E-state index in [0.717, 1.165) is 12.0 Å². The number of benzene rings is 2. The molecule has 4 heteroatoms. The lowest BCUT2D eigenvalue weighted by molar-refractivity contribution is -0.136. The van der Waals surface area contributed by atoms with E-state index in [0.29, 0.717) is 36.2 Å². The number of hydrogen-bond acceptors (Lipinski definition) is 3. The fourth-order valence-corrected chi connectivity index (χ4v) is 2.22. The van der Waals surface area contributed by atoms with E-state index in [4.69, 9.17) is 14.6 Å². The first-order chi connectivity index (χ1) is 11.5. The van der Waals surface area contributed by atoms with Gasteiger partial charge in [-0.15, -0.1) is 0 Å². The Hall–Kier alpha value is -2.49. The number of carboxylic acids is 1. The molecule has 0 saturated heterocycles. The van der Waals surface area contributed by atoms with Crippen molar-refractivity contribution in [1.82, 2.24) is 0 Å². The van der Waals surface area contributed by atoms with E-state index in [1.807, 2.05) is 30.3 Å². The molecule has 2 aromatic rings. The van der Waals surface area contributed by atoms with Crippen LogP contribution in [0.5, 0.6) is 11.5 Å². The van der Waals surface area contributed by atoms with Gasteiger partial charge in [0.15, 0.2) is 0 Å². The molecule has 0 unspecified atom stereocenters. The maximum atomic E-state index is 11.0. The highest BCUT2D eigenvalue weighted by Gasteiger charge is 2.10. The Bertz CT molecular complexity index is 650. The quantitative estimate of drug-likeness (QED) is 0.745. The summed E-state index contributed by atoms with van der Waals surface area (Å²) >= 11 is 0. The van der Waals surface area contributed by atoms with Gasteiger partial charge in [0.05, 0.1) is 13.0 Å². The van der Waals surface area contributed by atoms with Crippen LogP contribution in [0.2, 0.25) is 0 Å². The van der Waals surface area contributed by atoms with Crippen molar-refractivity contribution in [2.75, 3.05) is 6.61 Å². The molecule has 0 atom stereocenters. The molecule has 0 aliphatic carbocycles. The van der Waals surface area contributed by atoms with Gasteiger partial charge in [0.2, 0.25) is 0 Å². The van der Waals surface area contributed by atoms with Crippen LogP contribution in [0.1, 0.15) is 31.4 Å². The summed E-state index contributed by atoms with van der Waals surface area (Å²) in [7, 11) is 0. The predicted octanol–water partition coefficient (Wildman–Crippen LogP) is 4.32. The van der Waals surface area contributed by atoms with Crippen molar-refractivity contribution < 1.29 is 19.4 Å². The van der Waals surface area contributed by atoms with E-state index in [2.05, 4.69) is 13.8 Å². The van der Waals surface area contributed by atoms with Crippen molar-refractivity contribution in [3.63, 3.8) is 0 Å². The molecule has 0 heterocycles. The smallest absolute Gasteiger partial charge is 0.307 e. The number of aliphatic carboxylic acids is 1. The Labute approximate surface area is 143 Å². The first-order valence-corrected chi connectivity index (χ1v) is 8.19. The number of hydrogen-bond donors (Lipinski definition) is 1. The molecule has 0 amide bonds. The van der Waals surface area contributed by atoms with Crippen LogP contribution in [-0.2, 0) is 17.8 Å². The van der Waals surface area contributed by atoms with Crippen LogP contribution < -0.4 is 9.47 Å². The monoisotopic (exact) mass is 328 g/mol. The molecule has 0 spiro atoms. The van der Waals surface area contributed by atoms with Gasteiger partial charge in [-0.3, -0.25) is 4.79 Å². The van der Waals surface area contributed by atoms with E-state index in [9.17, 15) is 4.79 Å². The average Bonchev–Trinajstić information content (AvgIpc) is 2.55. The van der Waals surface area contributed by atoms with Crippen molar-refractivity contribution in [3.05, 3.63) is 59.7 Å². The van der Waals surface area contributed by atoms with Crippen molar-refractivity contribution in [2.45, 2.75) is 33.3 Å². The number of ether oxygens (including phenoxy) is 2. The highest BCUT2D eigenvalue weighted by atomic mass is 16.5. The second kappa shape index (κ2) is 8.96. The summed E-state index contributed by atoms with van der Waals surface area (Å²) < 4.78 is 11.6. The number of rotatable bonds is 9. The van der Waals surface area contributed by atoms with E-state index in [1.165, 1.54) is 0 Å². The minimum Gasteiger partial charge on any atom is -0.493 e. The summed E-state index contributed by atoms with van der Waals surface area (Å²) in [5.74, 6) is 0.953. The first kappa shape index (κ1) is 17.9. The van der Waals surface area contributed by atoms with Gasteiger partial charge in [-0.05, 0) is 24.0 Å². The normalized spacial score (nSPS) is 10.6. The highest BCUT2D eigenvalue weighted by Crippen LogP contribution is 2.27. The van der Waals surface area contributed by atoms with Gasteiger partial charge in [-0.1, -0.05) is 50.2 Å². The lowest BCUT2D eigenvalue weighted by Gasteiger charge is -2.14. The van der Waals surface area contributed by atoms with E-state index >= 15 is 0 Å². The van der Waals surface area contributed by atoms with Crippen LogP contribution in [0.4, 0.5) is 0 Å². The Morgan fingerprint density at radius 3 is 2.50 bits per heavy atom. The summed E-state index contributed by atoms with van der Waals surface area (Å²) in [6, 6.07) is 15.1. The van der Waals surface area contributed by atoms with Crippen molar-refractivity contribution in [1.29, 1.82) is 0 Å². The van der Waals surface area contributed by atoms with Gasteiger partial charge in [0.25, 0.3) is 0 Å². The van der Waals surface area contributed by atoms with Crippen LogP contribution >= 0.6 is 0 Å². The molecule has 0 aliphatic rings. The van der Waals surface area contributed by atoms with Crippen molar-refractivity contribution in [3.8, 4) is 11.5 Å². The molecule has 0 fully saturated rings. The second-order valence-electron chi connectivity index (χ2n) is 6.15. The standard InChI is InChI=1S/C20H24O4/c1-15(2)10-11-23-18-9-8-17(12-20(21)22)19(13-18)24-14-16-6-4-3-5-7-16/h3-9,13,15H,10-12,14H2,1-2H3,(H,21,22). The summed E-state index contributed by atoms with van der Waals surface area (Å²) in [6.45, 7) is 5.32. The van der Waals surface area contributed by atoms with Crippen LogP contribution in [0, 0.1) is 5.92 Å². The minimum atomic E-state index is -0.881. The maximum absolute atomic E-state index is 11.0. The van der Waals surface area contributed by atoms with Gasteiger partial charge in [-0.2, -0.15) is 0 Å². The number of carboxylic acid groups (broad SMARTS) is 1. The Morgan fingerprint density at radius 1 is 1.08 bits per heavy atom. The third kappa shape index (κ3) is 5.95. The van der Waals surface area contributed by atoms with E-state index < -0.39 is 5.97 Å². The average molecular weight is 328 g/mol. The SMILES string of the molecule is CC(C)CCOc1ccc(CC(=O)O)c(OCc2ccccc2)c1. The summed E-state index contributed by atoms with van der Waals surface area (Å²) in [5.41, 5.74) is 1.68. The van der Waals surface area contributed by atoms with E-state index in [-0.39, 0.29) is 6.42 Å². The fourth-order valence-electron chi connectivity index (χ4n) is 2.22. The van der Waals surface area contributed by atoms with Gasteiger partial charge in [0.1, 0.15) is 18.1 Å². The van der Waals surface area contributed by atoms with Gasteiger partial charge in [0, 0.05) is 11.6 Å². The molecule has 0 aliphatic heterocycles. The van der Waals surface area contributed by atoms with Crippen molar-refractivity contribution in [2.24, 2.45) is 5.92 Å². The molecule has 0 aromatic heterocycles. The molecule has 0 bridgehead atoms. The molecule has 4 nitrogen and oxygen atoms in total. The van der Waals surface area contributed by atoms with Gasteiger partial charge < -0.3 is 14.6 Å². The number of carbonyl (C=O) groups is 1. The van der Waals surface area contributed by atoms with Crippen molar-refractivity contribution >= 4 is 5.97 Å². The Kier molecular flexibility index (Phi) is 6.67. The first-order valence-electron chi connectivity index (χ1n) is 8.19. The third-order valence-corrected chi connectivity index (χ3v) is 3.58. The Morgan fingerprint density at radius 2 is 1.83 bits per heavy atom. The molecule has 128 valence electrons. The highest BCUT2D eigenvalue weighted by molar-refractivity contribution is 5.71. The topological polar surface area (TPSA) is 55.8 Å². The molecule has 2 rings (SSSR count). The zero-order valence-electron chi connectivity index (χ0n) is 14.2. The lowest BCUT2D eigenvalue weighted by atomic mass is 10.1. The molecular weight excluding hydrogens is 304 g/mol. The lowest BCUT2D eigenvalue weighted by Crippen LogP contribution is -2.06. The molecule has 1 N–H and O–H groups in total. The largest absolute Gasteiger partial charge is 0.493 e. The summed E-state index contributed by atoms with van der Waals surface area (Å²) in [4.78, 5) is 11.0. The summed E-state index contributed by atoms with van der Waals surface area (Å²) in [5, 5.41) is 9.06. The molecular formula is C20H24O4. The van der Waals surface area contributed by atoms with Gasteiger partial charge >= 0.3 is 5.97 Å². The summed E-state index contributed by atoms with van der Waals surface area (Å²) in [6.07, 6.45) is 0.896.